The quantitative estimate of drug-likeness (QED) is 0.577. The lowest BCUT2D eigenvalue weighted by Crippen LogP contribution is -2.54. The molecule has 0 bridgehead atoms. The van der Waals surface area contributed by atoms with Crippen molar-refractivity contribution >= 4 is 31.7 Å². The fourth-order valence-corrected chi connectivity index (χ4v) is 3.93. The molecule has 0 heterocycles. The second-order valence-corrected chi connectivity index (χ2v) is 10.8. The number of rotatable bonds is 8. The van der Waals surface area contributed by atoms with E-state index in [9.17, 15) is 26.4 Å². The lowest BCUT2D eigenvalue weighted by atomic mass is 10.1. The predicted octanol–water partition coefficient (Wildman–Crippen LogP) is 3.01. The first-order chi connectivity index (χ1) is 13.3. The SMILES string of the molecule is CC(C)S(=O)(=O)C[C@H](N[C@@H](c1ccc(Br)cc1)C(F)(F)F)C(=O)NC1(C#N)CC1. The highest BCUT2D eigenvalue weighted by atomic mass is 79.9. The van der Waals surface area contributed by atoms with E-state index in [2.05, 4.69) is 26.6 Å². The summed E-state index contributed by atoms with van der Waals surface area (Å²) in [5, 5.41) is 12.8. The number of nitriles is 1. The van der Waals surface area contributed by atoms with Crippen LogP contribution in [0.2, 0.25) is 0 Å². The molecule has 0 saturated heterocycles. The molecule has 6 nitrogen and oxygen atoms in total. The van der Waals surface area contributed by atoms with E-state index in [1.165, 1.54) is 38.1 Å². The van der Waals surface area contributed by atoms with Crippen molar-refractivity contribution in [1.82, 2.24) is 10.6 Å². The van der Waals surface area contributed by atoms with Crippen LogP contribution < -0.4 is 10.6 Å². The van der Waals surface area contributed by atoms with E-state index in [1.54, 1.807) is 0 Å². The van der Waals surface area contributed by atoms with Gasteiger partial charge < -0.3 is 5.32 Å². The number of hydrogen-bond donors (Lipinski definition) is 2. The van der Waals surface area contributed by atoms with E-state index in [0.29, 0.717) is 17.3 Å². The Hall–Kier alpha value is -1.64. The smallest absolute Gasteiger partial charge is 0.336 e. The van der Waals surface area contributed by atoms with Crippen molar-refractivity contribution in [2.24, 2.45) is 0 Å². The zero-order chi connectivity index (χ0) is 22.0. The number of hydrogen-bond acceptors (Lipinski definition) is 5. The second-order valence-electron chi connectivity index (χ2n) is 7.31. The molecule has 2 atom stereocenters. The van der Waals surface area contributed by atoms with Gasteiger partial charge in [0, 0.05) is 4.47 Å². The largest absolute Gasteiger partial charge is 0.407 e. The van der Waals surface area contributed by atoms with Crippen LogP contribution >= 0.6 is 15.9 Å². The molecule has 1 aliphatic carbocycles. The van der Waals surface area contributed by atoms with E-state index < -0.39 is 50.5 Å². The van der Waals surface area contributed by atoms with Gasteiger partial charge in [-0.05, 0) is 44.4 Å². The van der Waals surface area contributed by atoms with E-state index >= 15 is 0 Å². The summed E-state index contributed by atoms with van der Waals surface area (Å²) in [5.41, 5.74) is -1.30. The Morgan fingerprint density at radius 2 is 1.83 bits per heavy atom. The number of carbonyl (C=O) groups excluding carboxylic acids is 1. The lowest BCUT2D eigenvalue weighted by molar-refractivity contribution is -0.160. The monoisotopic (exact) mass is 495 g/mol. The fourth-order valence-electron chi connectivity index (χ4n) is 2.57. The summed E-state index contributed by atoms with van der Waals surface area (Å²) >= 11 is 3.15. The fraction of sp³-hybridized carbons (Fsp3) is 0.556. The Balaban J connectivity index is 2.35. The number of nitrogens with one attached hydrogen (secondary N) is 2. The standard InChI is InChI=1S/C18H21BrF3N3O3S/c1-11(2)29(27,28)9-14(16(26)25-17(10-23)7-8-17)24-15(18(20,21)22)12-3-5-13(19)6-4-12/h3-6,11,14-15,24H,7-9H2,1-2H3,(H,25,26)/t14-,15-/m0/s1. The van der Waals surface area contributed by atoms with Gasteiger partial charge in [0.05, 0.1) is 17.1 Å². The summed E-state index contributed by atoms with van der Waals surface area (Å²) < 4.78 is 66.4. The molecule has 29 heavy (non-hydrogen) atoms. The van der Waals surface area contributed by atoms with Gasteiger partial charge in [0.2, 0.25) is 5.91 Å². The molecule has 1 fully saturated rings. The van der Waals surface area contributed by atoms with Crippen molar-refractivity contribution in [3.63, 3.8) is 0 Å². The molecule has 1 aromatic rings. The molecule has 0 aromatic heterocycles. The van der Waals surface area contributed by atoms with Crippen molar-refractivity contribution in [3.8, 4) is 6.07 Å². The first-order valence-electron chi connectivity index (χ1n) is 8.83. The Labute approximate surface area is 175 Å². The summed E-state index contributed by atoms with van der Waals surface area (Å²) in [6.45, 7) is 2.77. The van der Waals surface area contributed by atoms with Gasteiger partial charge in [0.25, 0.3) is 0 Å². The minimum Gasteiger partial charge on any atom is -0.336 e. The van der Waals surface area contributed by atoms with Crippen LogP contribution in [0, 0.1) is 11.3 Å². The average Bonchev–Trinajstić information content (AvgIpc) is 3.38. The van der Waals surface area contributed by atoms with Crippen molar-refractivity contribution in [2.45, 2.75) is 55.7 Å². The van der Waals surface area contributed by atoms with Gasteiger partial charge in [-0.25, -0.2) is 8.42 Å². The highest BCUT2D eigenvalue weighted by Crippen LogP contribution is 2.36. The third kappa shape index (κ3) is 6.17. The van der Waals surface area contributed by atoms with Crippen molar-refractivity contribution in [1.29, 1.82) is 5.26 Å². The molecular formula is C18H21BrF3N3O3S. The highest BCUT2D eigenvalue weighted by Gasteiger charge is 2.48. The number of benzene rings is 1. The Bertz CT molecular complexity index is 892. The lowest BCUT2D eigenvalue weighted by Gasteiger charge is -2.28. The summed E-state index contributed by atoms with van der Waals surface area (Å²) in [7, 11) is -3.85. The first-order valence-corrected chi connectivity index (χ1v) is 11.3. The number of sulfone groups is 1. The number of nitrogens with zero attached hydrogens (tertiary/aromatic N) is 1. The third-order valence-corrected chi connectivity index (χ3v) is 7.42. The molecule has 1 amide bonds. The van der Waals surface area contributed by atoms with E-state index in [-0.39, 0.29) is 5.56 Å². The van der Waals surface area contributed by atoms with Crippen LogP contribution in [0.4, 0.5) is 13.2 Å². The number of halogens is 4. The molecule has 0 aliphatic heterocycles. The molecule has 1 aromatic carbocycles. The molecule has 160 valence electrons. The molecule has 0 unspecified atom stereocenters. The Morgan fingerprint density at radius 3 is 2.24 bits per heavy atom. The van der Waals surface area contributed by atoms with Crippen molar-refractivity contribution in [3.05, 3.63) is 34.3 Å². The molecule has 2 rings (SSSR count). The molecule has 11 heteroatoms. The maximum absolute atomic E-state index is 13.7. The average molecular weight is 496 g/mol. The van der Waals surface area contributed by atoms with Gasteiger partial charge >= 0.3 is 6.18 Å². The zero-order valence-corrected chi connectivity index (χ0v) is 18.2. The van der Waals surface area contributed by atoms with Crippen LogP contribution in [0.15, 0.2) is 28.7 Å². The maximum atomic E-state index is 13.7. The number of carbonyl (C=O) groups is 1. The maximum Gasteiger partial charge on any atom is 0.407 e. The molecule has 2 N–H and O–H groups in total. The van der Waals surface area contributed by atoms with E-state index in [4.69, 9.17) is 5.26 Å². The first kappa shape index (κ1) is 23.6. The van der Waals surface area contributed by atoms with Gasteiger partial charge in [0.1, 0.15) is 17.6 Å². The number of amides is 1. The normalized spacial score (nSPS) is 18.0. The summed E-state index contributed by atoms with van der Waals surface area (Å²) in [6.07, 6.45) is -4.04. The van der Waals surface area contributed by atoms with Gasteiger partial charge in [-0.1, -0.05) is 28.1 Å². The van der Waals surface area contributed by atoms with Crippen molar-refractivity contribution < 1.29 is 26.4 Å². The van der Waals surface area contributed by atoms with Crippen LogP contribution in [0.5, 0.6) is 0 Å². The Kier molecular flexibility index (Phi) is 7.02. The minimum absolute atomic E-state index is 0.165. The highest BCUT2D eigenvalue weighted by molar-refractivity contribution is 9.10. The molecule has 0 radical (unpaired) electrons. The molecular weight excluding hydrogens is 475 g/mol. The topological polar surface area (TPSA) is 99.1 Å². The van der Waals surface area contributed by atoms with Crippen molar-refractivity contribution in [2.75, 3.05) is 5.75 Å². The van der Waals surface area contributed by atoms with E-state index in [0.717, 1.165) is 0 Å². The van der Waals surface area contributed by atoms with Gasteiger partial charge in [-0.2, -0.15) is 18.4 Å². The Morgan fingerprint density at radius 1 is 1.28 bits per heavy atom. The summed E-state index contributed by atoms with van der Waals surface area (Å²) in [4.78, 5) is 12.6. The molecule has 1 saturated carbocycles. The predicted molar refractivity (Wildman–Crippen MR) is 105 cm³/mol. The zero-order valence-electron chi connectivity index (χ0n) is 15.8. The van der Waals surface area contributed by atoms with Crippen LogP contribution in [-0.2, 0) is 14.6 Å². The van der Waals surface area contributed by atoms with E-state index in [1.807, 2.05) is 6.07 Å². The van der Waals surface area contributed by atoms with Crippen LogP contribution in [0.1, 0.15) is 38.3 Å². The molecule has 1 aliphatic rings. The van der Waals surface area contributed by atoms with Crippen LogP contribution in [0.25, 0.3) is 0 Å². The summed E-state index contributed by atoms with van der Waals surface area (Å²) in [5.74, 6) is -1.76. The van der Waals surface area contributed by atoms with Gasteiger partial charge in [-0.15, -0.1) is 0 Å². The van der Waals surface area contributed by atoms with Crippen LogP contribution in [-0.4, -0.2) is 43.1 Å². The second kappa shape index (κ2) is 8.62. The summed E-state index contributed by atoms with van der Waals surface area (Å²) in [6, 6.07) is 3.29. The molecule has 0 spiro atoms. The van der Waals surface area contributed by atoms with Crippen LogP contribution in [0.3, 0.4) is 0 Å². The van der Waals surface area contributed by atoms with Gasteiger partial charge in [-0.3, -0.25) is 10.1 Å². The van der Waals surface area contributed by atoms with Gasteiger partial charge in [0.15, 0.2) is 9.84 Å². The minimum atomic E-state index is -4.78. The number of alkyl halides is 3. The third-order valence-electron chi connectivity index (χ3n) is 4.66.